The number of hydrogen-bond acceptors (Lipinski definition) is 4. The number of methoxy groups -OCH3 is 1. The number of ether oxygens (including phenoxy) is 2. The van der Waals surface area contributed by atoms with Crippen molar-refractivity contribution in [3.05, 3.63) is 28.2 Å². The Hall–Kier alpha value is -0.620. The summed E-state index contributed by atoms with van der Waals surface area (Å²) in [5.41, 5.74) is 0.297. The van der Waals surface area contributed by atoms with E-state index in [9.17, 15) is 5.11 Å². The first-order chi connectivity index (χ1) is 10.1. The molecule has 0 radical (unpaired) electrons. The molecule has 120 valence electrons. The van der Waals surface area contributed by atoms with E-state index in [4.69, 9.17) is 9.47 Å². The lowest BCUT2D eigenvalue weighted by Gasteiger charge is -2.26. The third-order valence-electron chi connectivity index (χ3n) is 3.65. The average Bonchev–Trinajstić information content (AvgIpc) is 2.50. The first-order valence-corrected chi connectivity index (χ1v) is 8.17. The fraction of sp³-hybridized carbons (Fsp3) is 0.625. The van der Waals surface area contributed by atoms with Crippen LogP contribution in [0.2, 0.25) is 0 Å². The quantitative estimate of drug-likeness (QED) is 0.630. The number of benzene rings is 1. The monoisotopic (exact) mass is 359 g/mol. The molecule has 1 aromatic carbocycles. The van der Waals surface area contributed by atoms with Crippen LogP contribution in [0.4, 0.5) is 0 Å². The summed E-state index contributed by atoms with van der Waals surface area (Å²) in [5.74, 6) is 0.794. The van der Waals surface area contributed by atoms with Crippen molar-refractivity contribution in [3.63, 3.8) is 0 Å². The van der Waals surface area contributed by atoms with Crippen molar-refractivity contribution in [1.29, 1.82) is 0 Å². The zero-order valence-electron chi connectivity index (χ0n) is 13.1. The van der Waals surface area contributed by atoms with E-state index in [1.54, 1.807) is 7.11 Å². The first-order valence-electron chi connectivity index (χ1n) is 7.38. The number of hydrogen-bond donors (Lipinski definition) is 2. The van der Waals surface area contributed by atoms with Crippen LogP contribution < -0.4 is 10.1 Å². The molecule has 0 atom stereocenters. The zero-order valence-corrected chi connectivity index (χ0v) is 14.7. The van der Waals surface area contributed by atoms with Crippen LogP contribution in [0, 0.1) is 0 Å². The molecule has 21 heavy (non-hydrogen) atoms. The highest BCUT2D eigenvalue weighted by Crippen LogP contribution is 2.30. The largest absolute Gasteiger partial charge is 0.489 e. The average molecular weight is 360 g/mol. The van der Waals surface area contributed by atoms with Crippen LogP contribution in [0.5, 0.6) is 5.75 Å². The molecule has 0 heterocycles. The second-order valence-corrected chi connectivity index (χ2v) is 5.97. The number of rotatable bonds is 10. The van der Waals surface area contributed by atoms with E-state index in [-0.39, 0.29) is 0 Å². The zero-order chi connectivity index (χ0) is 15.7. The maximum atomic E-state index is 10.3. The lowest BCUT2D eigenvalue weighted by molar-refractivity contribution is -0.0118. The minimum absolute atomic E-state index is 0.299. The fourth-order valence-electron chi connectivity index (χ4n) is 1.91. The number of nitrogens with one attached hydrogen (secondary N) is 1. The molecule has 0 aromatic heterocycles. The van der Waals surface area contributed by atoms with Crippen molar-refractivity contribution in [3.8, 4) is 5.75 Å². The highest BCUT2D eigenvalue weighted by Gasteiger charge is 2.24. The Kier molecular flexibility index (Phi) is 8.26. The van der Waals surface area contributed by atoms with Crippen LogP contribution in [0.1, 0.15) is 32.3 Å². The standard InChI is InChI=1S/C16H26BrNO3/c1-4-16(19,5-2)12-21-15-13(7-6-8-14(15)17)11-18-9-10-20-3/h6-8,18-19H,4-5,9-12H2,1-3H3. The van der Waals surface area contributed by atoms with Gasteiger partial charge in [-0.25, -0.2) is 0 Å². The van der Waals surface area contributed by atoms with Gasteiger partial charge in [0.15, 0.2) is 0 Å². The van der Waals surface area contributed by atoms with Gasteiger partial charge in [0.2, 0.25) is 0 Å². The maximum absolute atomic E-state index is 10.3. The molecule has 0 spiro atoms. The normalized spacial score (nSPS) is 11.7. The summed E-state index contributed by atoms with van der Waals surface area (Å²) < 4.78 is 11.8. The van der Waals surface area contributed by atoms with Gasteiger partial charge in [-0.15, -0.1) is 0 Å². The third kappa shape index (κ3) is 5.94. The minimum Gasteiger partial charge on any atom is -0.489 e. The Balaban J connectivity index is 2.71. The van der Waals surface area contributed by atoms with E-state index < -0.39 is 5.60 Å². The van der Waals surface area contributed by atoms with E-state index in [0.717, 1.165) is 22.3 Å². The summed E-state index contributed by atoms with van der Waals surface area (Å²) in [6, 6.07) is 5.96. The Labute approximate surface area is 136 Å². The Morgan fingerprint density at radius 3 is 2.62 bits per heavy atom. The van der Waals surface area contributed by atoms with Gasteiger partial charge in [-0.1, -0.05) is 26.0 Å². The van der Waals surface area contributed by atoms with E-state index >= 15 is 0 Å². The molecular formula is C16H26BrNO3. The second kappa shape index (κ2) is 9.41. The molecule has 0 aliphatic heterocycles. The van der Waals surface area contributed by atoms with Crippen LogP contribution in [-0.2, 0) is 11.3 Å². The summed E-state index contributed by atoms with van der Waals surface area (Å²) in [5, 5.41) is 13.7. The summed E-state index contributed by atoms with van der Waals surface area (Å²) in [6.45, 7) is 6.41. The SMILES string of the molecule is CCC(O)(CC)COc1c(Br)cccc1CNCCOC. The molecule has 0 amide bonds. The van der Waals surface area contributed by atoms with Gasteiger partial charge in [-0.2, -0.15) is 0 Å². The van der Waals surface area contributed by atoms with Gasteiger partial charge in [0.05, 0.1) is 16.7 Å². The molecule has 0 bridgehead atoms. The van der Waals surface area contributed by atoms with Gasteiger partial charge in [0, 0.05) is 25.8 Å². The van der Waals surface area contributed by atoms with Gasteiger partial charge < -0.3 is 19.9 Å². The lowest BCUT2D eigenvalue weighted by Crippen LogP contribution is -2.34. The lowest BCUT2D eigenvalue weighted by atomic mass is 9.99. The van der Waals surface area contributed by atoms with Crippen LogP contribution >= 0.6 is 15.9 Å². The van der Waals surface area contributed by atoms with Gasteiger partial charge in [-0.05, 0) is 34.8 Å². The fourth-order valence-corrected chi connectivity index (χ4v) is 2.43. The Morgan fingerprint density at radius 2 is 2.00 bits per heavy atom. The molecule has 0 aliphatic rings. The van der Waals surface area contributed by atoms with E-state index in [1.807, 2.05) is 32.0 Å². The molecular weight excluding hydrogens is 334 g/mol. The van der Waals surface area contributed by atoms with Crippen LogP contribution in [0.15, 0.2) is 22.7 Å². The van der Waals surface area contributed by atoms with Crippen LogP contribution in [0.3, 0.4) is 0 Å². The van der Waals surface area contributed by atoms with Crippen molar-refractivity contribution in [2.75, 3.05) is 26.9 Å². The van der Waals surface area contributed by atoms with Gasteiger partial charge >= 0.3 is 0 Å². The topological polar surface area (TPSA) is 50.7 Å². The van der Waals surface area contributed by atoms with Crippen molar-refractivity contribution in [1.82, 2.24) is 5.32 Å². The first kappa shape index (κ1) is 18.4. The molecule has 0 saturated carbocycles. The van der Waals surface area contributed by atoms with Gasteiger partial charge in [-0.3, -0.25) is 0 Å². The molecule has 4 nitrogen and oxygen atoms in total. The van der Waals surface area contributed by atoms with Crippen molar-refractivity contribution in [2.45, 2.75) is 38.8 Å². The smallest absolute Gasteiger partial charge is 0.138 e. The van der Waals surface area contributed by atoms with Crippen molar-refractivity contribution >= 4 is 15.9 Å². The summed E-state index contributed by atoms with van der Waals surface area (Å²) >= 11 is 3.52. The van der Waals surface area contributed by atoms with E-state index in [1.165, 1.54) is 0 Å². The number of halogens is 1. The number of aliphatic hydroxyl groups is 1. The van der Waals surface area contributed by atoms with Crippen LogP contribution in [-0.4, -0.2) is 37.6 Å². The highest BCUT2D eigenvalue weighted by molar-refractivity contribution is 9.10. The summed E-state index contributed by atoms with van der Waals surface area (Å²) in [7, 11) is 1.69. The summed E-state index contributed by atoms with van der Waals surface area (Å²) in [4.78, 5) is 0. The molecule has 1 rings (SSSR count). The van der Waals surface area contributed by atoms with E-state index in [0.29, 0.717) is 32.6 Å². The number of para-hydroxylation sites is 1. The second-order valence-electron chi connectivity index (χ2n) is 5.12. The highest BCUT2D eigenvalue weighted by atomic mass is 79.9. The van der Waals surface area contributed by atoms with Crippen LogP contribution in [0.25, 0.3) is 0 Å². The van der Waals surface area contributed by atoms with Gasteiger partial charge in [0.1, 0.15) is 12.4 Å². The Morgan fingerprint density at radius 1 is 1.29 bits per heavy atom. The van der Waals surface area contributed by atoms with E-state index in [2.05, 4.69) is 21.2 Å². The van der Waals surface area contributed by atoms with Gasteiger partial charge in [0.25, 0.3) is 0 Å². The molecule has 1 aromatic rings. The summed E-state index contributed by atoms with van der Waals surface area (Å²) in [6.07, 6.45) is 1.35. The molecule has 0 fully saturated rings. The molecule has 5 heteroatoms. The third-order valence-corrected chi connectivity index (χ3v) is 4.27. The molecule has 2 N–H and O–H groups in total. The Bertz CT molecular complexity index is 422. The minimum atomic E-state index is -0.768. The predicted octanol–water partition coefficient (Wildman–Crippen LogP) is 3.12. The van der Waals surface area contributed by atoms with Crippen molar-refractivity contribution in [2.24, 2.45) is 0 Å². The predicted molar refractivity (Wildman–Crippen MR) is 88.8 cm³/mol. The van der Waals surface area contributed by atoms with Crippen molar-refractivity contribution < 1.29 is 14.6 Å². The molecule has 0 aliphatic carbocycles. The molecule has 0 saturated heterocycles. The maximum Gasteiger partial charge on any atom is 0.138 e. The molecule has 0 unspecified atom stereocenters.